The Balaban J connectivity index is 1.79. The molecule has 2 N–H and O–H groups in total. The van der Waals surface area contributed by atoms with Crippen LogP contribution in [-0.4, -0.2) is 36.8 Å². The van der Waals surface area contributed by atoms with Gasteiger partial charge in [-0.3, -0.25) is 0 Å². The third kappa shape index (κ3) is 2.83. The first-order valence-corrected chi connectivity index (χ1v) is 8.80. The molecule has 2 heterocycles. The molecule has 8 heteroatoms. The number of piperidine rings is 1. The molecule has 3 rings (SSSR count). The Morgan fingerprint density at radius 2 is 2.10 bits per heavy atom. The van der Waals surface area contributed by atoms with Gasteiger partial charge in [-0.2, -0.15) is 8.75 Å². The van der Waals surface area contributed by atoms with Crippen LogP contribution in [0.15, 0.2) is 23.1 Å². The predicted molar refractivity (Wildman–Crippen MR) is 78.2 cm³/mol. The maximum atomic E-state index is 12.4. The molecular weight excluding hydrogens is 296 g/mol. The summed E-state index contributed by atoms with van der Waals surface area (Å²) in [4.78, 5) is 0.220. The second-order valence-corrected chi connectivity index (χ2v) is 7.20. The van der Waals surface area contributed by atoms with Gasteiger partial charge in [0.15, 0.2) is 0 Å². The van der Waals surface area contributed by atoms with E-state index in [1.165, 1.54) is 0 Å². The largest absolute Gasteiger partial charge is 0.317 e. The molecule has 0 unspecified atom stereocenters. The topological polar surface area (TPSA) is 84.0 Å². The van der Waals surface area contributed by atoms with E-state index in [1.807, 2.05) is 0 Å². The van der Waals surface area contributed by atoms with E-state index in [-0.39, 0.29) is 4.90 Å². The Labute approximate surface area is 122 Å². The van der Waals surface area contributed by atoms with Gasteiger partial charge < -0.3 is 5.32 Å². The summed E-state index contributed by atoms with van der Waals surface area (Å²) in [6, 6.07) is 5.04. The molecule has 0 spiro atoms. The van der Waals surface area contributed by atoms with Crippen LogP contribution in [0.25, 0.3) is 11.0 Å². The van der Waals surface area contributed by atoms with Crippen LogP contribution in [0.1, 0.15) is 12.8 Å². The Hall–Kier alpha value is -1.09. The first-order chi connectivity index (χ1) is 9.67. The number of fused-ring (bicyclic) bond motifs is 1. The number of nitrogens with zero attached hydrogens (tertiary/aromatic N) is 2. The van der Waals surface area contributed by atoms with E-state index in [2.05, 4.69) is 18.8 Å². The highest BCUT2D eigenvalue weighted by Gasteiger charge is 2.21. The van der Waals surface area contributed by atoms with Crippen LogP contribution in [0, 0.1) is 5.92 Å². The maximum absolute atomic E-state index is 12.4. The molecule has 0 radical (unpaired) electrons. The number of aromatic nitrogens is 2. The Kier molecular flexibility index (Phi) is 3.97. The normalized spacial score (nSPS) is 17.6. The maximum Gasteiger partial charge on any atom is 0.242 e. The average Bonchev–Trinajstić information content (AvgIpc) is 2.94. The highest BCUT2D eigenvalue weighted by Crippen LogP contribution is 2.21. The van der Waals surface area contributed by atoms with Crippen molar-refractivity contribution in [3.05, 3.63) is 18.2 Å². The molecule has 0 amide bonds. The molecule has 1 aliphatic rings. The number of hydrogen-bond acceptors (Lipinski definition) is 6. The van der Waals surface area contributed by atoms with Crippen molar-refractivity contribution in [1.29, 1.82) is 0 Å². The number of rotatable bonds is 4. The molecule has 0 aliphatic carbocycles. The van der Waals surface area contributed by atoms with Gasteiger partial charge in [-0.15, -0.1) is 0 Å². The minimum absolute atomic E-state index is 0.220. The molecule has 108 valence electrons. The van der Waals surface area contributed by atoms with Crippen molar-refractivity contribution in [3.8, 4) is 0 Å². The van der Waals surface area contributed by atoms with Crippen LogP contribution >= 0.6 is 11.7 Å². The van der Waals surface area contributed by atoms with Crippen LogP contribution in [0.2, 0.25) is 0 Å². The van der Waals surface area contributed by atoms with Gasteiger partial charge in [0, 0.05) is 6.54 Å². The van der Waals surface area contributed by atoms with Gasteiger partial charge in [-0.1, -0.05) is 6.07 Å². The summed E-state index contributed by atoms with van der Waals surface area (Å²) in [6.07, 6.45) is 2.01. The Morgan fingerprint density at radius 1 is 1.30 bits per heavy atom. The highest BCUT2D eigenvalue weighted by molar-refractivity contribution is 7.89. The van der Waals surface area contributed by atoms with Gasteiger partial charge in [0.25, 0.3) is 0 Å². The first-order valence-electron chi connectivity index (χ1n) is 6.58. The van der Waals surface area contributed by atoms with Crippen molar-refractivity contribution in [3.63, 3.8) is 0 Å². The lowest BCUT2D eigenvalue weighted by molar-refractivity contribution is 0.372. The molecule has 2 aromatic rings. The average molecular weight is 312 g/mol. The molecule has 0 atom stereocenters. The molecule has 20 heavy (non-hydrogen) atoms. The number of benzene rings is 1. The van der Waals surface area contributed by atoms with Crippen molar-refractivity contribution in [2.75, 3.05) is 19.6 Å². The van der Waals surface area contributed by atoms with Crippen LogP contribution < -0.4 is 10.0 Å². The standard InChI is InChI=1S/C12H16N4O2S2/c17-20(18,14-8-9-4-6-13-7-5-9)11-3-1-2-10-12(11)16-19-15-10/h1-3,9,13-14H,4-8H2. The van der Waals surface area contributed by atoms with Crippen molar-refractivity contribution >= 4 is 32.8 Å². The van der Waals surface area contributed by atoms with E-state index in [0.29, 0.717) is 23.5 Å². The third-order valence-electron chi connectivity index (χ3n) is 3.56. The van der Waals surface area contributed by atoms with Crippen LogP contribution in [0.5, 0.6) is 0 Å². The SMILES string of the molecule is O=S(=O)(NCC1CCNCC1)c1cccc2nsnc12. The zero-order valence-electron chi connectivity index (χ0n) is 10.9. The zero-order valence-corrected chi connectivity index (χ0v) is 12.5. The van der Waals surface area contributed by atoms with Gasteiger partial charge in [0.05, 0.1) is 11.7 Å². The fourth-order valence-electron chi connectivity index (χ4n) is 2.39. The summed E-state index contributed by atoms with van der Waals surface area (Å²) in [6.45, 7) is 2.40. The van der Waals surface area contributed by atoms with Crippen molar-refractivity contribution in [2.45, 2.75) is 17.7 Å². The molecule has 0 bridgehead atoms. The first kappa shape index (κ1) is 13.9. The fraction of sp³-hybridized carbons (Fsp3) is 0.500. The molecule has 1 aromatic heterocycles. The molecule has 1 saturated heterocycles. The molecule has 6 nitrogen and oxygen atoms in total. The lowest BCUT2D eigenvalue weighted by Crippen LogP contribution is -2.36. The predicted octanol–water partition coefficient (Wildman–Crippen LogP) is 0.969. The zero-order chi connectivity index (χ0) is 14.0. The molecule has 0 saturated carbocycles. The Morgan fingerprint density at radius 3 is 2.90 bits per heavy atom. The molecule has 1 fully saturated rings. The summed E-state index contributed by atoms with van der Waals surface area (Å²) < 4.78 is 35.7. The van der Waals surface area contributed by atoms with Crippen molar-refractivity contribution < 1.29 is 8.42 Å². The van der Waals surface area contributed by atoms with Gasteiger partial charge in [0.1, 0.15) is 15.9 Å². The monoisotopic (exact) mass is 312 g/mol. The van der Waals surface area contributed by atoms with E-state index in [4.69, 9.17) is 0 Å². The summed E-state index contributed by atoms with van der Waals surface area (Å²) in [5, 5.41) is 3.27. The highest BCUT2D eigenvalue weighted by atomic mass is 32.2. The van der Waals surface area contributed by atoms with Crippen molar-refractivity contribution in [1.82, 2.24) is 18.8 Å². The second kappa shape index (κ2) is 5.72. The lowest BCUT2D eigenvalue weighted by Gasteiger charge is -2.22. The van der Waals surface area contributed by atoms with Gasteiger partial charge >= 0.3 is 0 Å². The third-order valence-corrected chi connectivity index (χ3v) is 5.56. The Bertz CT molecular complexity index is 692. The van der Waals surface area contributed by atoms with Gasteiger partial charge in [0.2, 0.25) is 10.0 Å². The molecular formula is C12H16N4O2S2. The van der Waals surface area contributed by atoms with Crippen LogP contribution in [0.4, 0.5) is 0 Å². The molecule has 1 aromatic carbocycles. The quantitative estimate of drug-likeness (QED) is 0.879. The van der Waals surface area contributed by atoms with E-state index in [0.717, 1.165) is 37.7 Å². The summed E-state index contributed by atoms with van der Waals surface area (Å²) in [5.41, 5.74) is 1.08. The van der Waals surface area contributed by atoms with E-state index >= 15 is 0 Å². The lowest BCUT2D eigenvalue weighted by atomic mass is 9.99. The van der Waals surface area contributed by atoms with E-state index < -0.39 is 10.0 Å². The summed E-state index contributed by atoms with van der Waals surface area (Å²) >= 11 is 1.03. The second-order valence-electron chi connectivity index (χ2n) is 4.93. The van der Waals surface area contributed by atoms with E-state index in [1.54, 1.807) is 18.2 Å². The number of nitrogens with one attached hydrogen (secondary N) is 2. The smallest absolute Gasteiger partial charge is 0.242 e. The number of sulfonamides is 1. The summed E-state index contributed by atoms with van der Waals surface area (Å²) in [7, 11) is -3.52. The van der Waals surface area contributed by atoms with E-state index in [9.17, 15) is 8.42 Å². The molecule has 1 aliphatic heterocycles. The van der Waals surface area contributed by atoms with Gasteiger partial charge in [-0.25, -0.2) is 13.1 Å². The minimum atomic E-state index is -3.52. The summed E-state index contributed by atoms with van der Waals surface area (Å²) in [5.74, 6) is 0.402. The van der Waals surface area contributed by atoms with Gasteiger partial charge in [-0.05, 0) is 44.0 Å². The number of hydrogen-bond donors (Lipinski definition) is 2. The minimum Gasteiger partial charge on any atom is -0.317 e. The fourth-order valence-corrected chi connectivity index (χ4v) is 4.27. The van der Waals surface area contributed by atoms with Crippen LogP contribution in [-0.2, 0) is 10.0 Å². The van der Waals surface area contributed by atoms with Crippen molar-refractivity contribution in [2.24, 2.45) is 5.92 Å². The van der Waals surface area contributed by atoms with Crippen LogP contribution in [0.3, 0.4) is 0 Å².